The van der Waals surface area contributed by atoms with Gasteiger partial charge in [-0.1, -0.05) is 0 Å². The van der Waals surface area contributed by atoms with Crippen LogP contribution in [0.4, 0.5) is 0 Å². The van der Waals surface area contributed by atoms with E-state index >= 15 is 0 Å². The molecule has 0 spiro atoms. The number of carbonyl (C=O) groups excluding carboxylic acids is 6. The Kier molecular flexibility index (Phi) is 20.7. The number of benzene rings is 3. The Balaban J connectivity index is 0. The molecule has 20 heteroatoms. The molecular weight excluding hydrogens is 630 g/mol. The summed E-state index contributed by atoms with van der Waals surface area (Å²) < 4.78 is 0. The fourth-order valence-corrected chi connectivity index (χ4v) is 2.52. The van der Waals surface area contributed by atoms with Gasteiger partial charge >= 0.3 is 70.5 Å². The fraction of sp³-hybridized carbons (Fsp3) is 0. The molecule has 0 amide bonds. The van der Waals surface area contributed by atoms with Crippen molar-refractivity contribution in [3.8, 4) is 0 Å². The molecule has 0 saturated heterocycles. The van der Waals surface area contributed by atoms with Gasteiger partial charge in [0.2, 0.25) is 0 Å². The molecule has 0 atom stereocenters. The van der Waals surface area contributed by atoms with Crippen molar-refractivity contribution < 1.29 is 89.6 Å². The molecule has 0 fully saturated rings. The normalized spacial score (nSPS) is 8.86. The second kappa shape index (κ2) is 21.9. The van der Waals surface area contributed by atoms with Crippen molar-refractivity contribution in [2.75, 3.05) is 0 Å². The summed E-state index contributed by atoms with van der Waals surface area (Å²) in [5, 5.41) is 58.3. The van der Waals surface area contributed by atoms with Gasteiger partial charge in [0.25, 0.3) is 0 Å². The molecule has 3 rings (SSSR count). The smallest absolute Gasteiger partial charge is 0.661 e. The van der Waals surface area contributed by atoms with Crippen LogP contribution in [0.2, 0.25) is 0 Å². The Morgan fingerprint density at radius 3 is 0.455 bits per heavy atom. The number of carbonyl (C=O) groups is 6. The van der Waals surface area contributed by atoms with Crippen molar-refractivity contribution in [2.45, 2.75) is 0 Å². The van der Waals surface area contributed by atoms with Crippen LogP contribution in [0.3, 0.4) is 0 Å². The van der Waals surface area contributed by atoms with E-state index in [1.807, 2.05) is 0 Å². The average Bonchev–Trinajstić information content (AvgIpc) is 3.06. The summed E-state index contributed by atoms with van der Waals surface area (Å²) in [7, 11) is 0. The summed E-state index contributed by atoms with van der Waals surface area (Å²) in [6.07, 6.45) is 0. The molecular formula is C24H12Al2O18. The molecule has 0 aliphatic rings. The van der Waals surface area contributed by atoms with Crippen LogP contribution in [0.25, 0.3) is 0 Å². The van der Waals surface area contributed by atoms with E-state index in [1.165, 1.54) is 72.8 Å². The second-order valence-electron chi connectivity index (χ2n) is 6.96. The van der Waals surface area contributed by atoms with E-state index < -0.39 is 35.8 Å². The molecule has 0 N–H and O–H groups in total. The van der Waals surface area contributed by atoms with Gasteiger partial charge in [-0.2, -0.15) is 0 Å². The summed E-state index contributed by atoms with van der Waals surface area (Å²) in [6, 6.07) is 14.1. The number of hydrogen-bond donors (Lipinski definition) is 0. The zero-order valence-electron chi connectivity index (χ0n) is 21.4. The van der Waals surface area contributed by atoms with Gasteiger partial charge in [-0.25, -0.2) is 28.8 Å². The maximum Gasteiger partial charge on any atom is 3.00 e. The predicted molar refractivity (Wildman–Crippen MR) is 123 cm³/mol. The molecule has 0 bridgehead atoms. The molecule has 0 heterocycles. The van der Waals surface area contributed by atoms with Crippen molar-refractivity contribution in [2.24, 2.45) is 0 Å². The van der Waals surface area contributed by atoms with E-state index in [0.29, 0.717) is 0 Å². The van der Waals surface area contributed by atoms with Crippen LogP contribution in [0.15, 0.2) is 72.8 Å². The molecule has 3 aromatic rings. The van der Waals surface area contributed by atoms with Gasteiger partial charge < -0.3 is 60.9 Å². The van der Waals surface area contributed by atoms with Gasteiger partial charge in [-0.3, -0.25) is 0 Å². The summed E-state index contributed by atoms with van der Waals surface area (Å²) in [4.78, 5) is 83.1. The first-order valence-corrected chi connectivity index (χ1v) is 10.4. The van der Waals surface area contributed by atoms with Crippen molar-refractivity contribution in [3.05, 3.63) is 106 Å². The van der Waals surface area contributed by atoms with Crippen LogP contribution in [-0.2, 0) is 29.3 Å². The van der Waals surface area contributed by atoms with Crippen molar-refractivity contribution in [1.82, 2.24) is 0 Å². The van der Waals surface area contributed by atoms with E-state index in [-0.39, 0.29) is 68.1 Å². The first-order valence-electron chi connectivity index (χ1n) is 10.4. The Morgan fingerprint density at radius 1 is 0.295 bits per heavy atom. The molecule has 44 heavy (non-hydrogen) atoms. The number of hydrogen-bond acceptors (Lipinski definition) is 18. The van der Waals surface area contributed by atoms with E-state index in [4.69, 9.17) is 0 Å². The second-order valence-corrected chi connectivity index (χ2v) is 6.96. The molecule has 0 aromatic heterocycles. The van der Waals surface area contributed by atoms with Crippen LogP contribution < -0.4 is 31.5 Å². The SMILES string of the molecule is O=C(O[O-])c1ccc(C(=O)O[O-])cc1.O=C(O[O-])c1ccc(C(=O)O[O-])cc1.O=C(O[O-])c1ccc(C(=O)O[O-])cc1.[Al+3].[Al+3]. The zero-order valence-corrected chi connectivity index (χ0v) is 23.7. The minimum Gasteiger partial charge on any atom is -0.661 e. The molecule has 222 valence electrons. The van der Waals surface area contributed by atoms with Gasteiger partial charge in [-0.05, 0) is 72.8 Å². The van der Waals surface area contributed by atoms with E-state index in [0.717, 1.165) is 0 Å². The van der Waals surface area contributed by atoms with E-state index in [9.17, 15) is 60.3 Å². The zero-order chi connectivity index (χ0) is 31.7. The standard InChI is InChI=1S/3C8H6O6.2Al/c3*9-7(13-11)5-1-2-6(4-3-5)8(10)14-12;;/h3*1-4,11-12H;;/q;;;2*+3/p-6. The van der Waals surface area contributed by atoms with Crippen LogP contribution in [0, 0.1) is 0 Å². The largest absolute Gasteiger partial charge is 3.00 e. The third-order valence-corrected chi connectivity index (χ3v) is 4.52. The first kappa shape index (κ1) is 41.4. The minimum atomic E-state index is -1.06. The fourth-order valence-electron chi connectivity index (χ4n) is 2.52. The van der Waals surface area contributed by atoms with Gasteiger partial charge in [0.15, 0.2) is 0 Å². The van der Waals surface area contributed by atoms with Crippen LogP contribution in [0.5, 0.6) is 0 Å². The Morgan fingerprint density at radius 2 is 0.386 bits per heavy atom. The summed E-state index contributed by atoms with van der Waals surface area (Å²) in [5.41, 5.74) is -0.0697. The van der Waals surface area contributed by atoms with Crippen LogP contribution in [0.1, 0.15) is 62.1 Å². The quantitative estimate of drug-likeness (QED) is 0.138. The predicted octanol–water partition coefficient (Wildman–Crippen LogP) is -5.11. The van der Waals surface area contributed by atoms with Gasteiger partial charge in [0.05, 0.1) is 33.4 Å². The third kappa shape index (κ3) is 13.1. The average molecular weight is 642 g/mol. The Labute approximate surface area is 265 Å². The van der Waals surface area contributed by atoms with Crippen LogP contribution in [-0.4, -0.2) is 70.5 Å². The van der Waals surface area contributed by atoms with Gasteiger partial charge in [0.1, 0.15) is 0 Å². The van der Waals surface area contributed by atoms with Crippen molar-refractivity contribution in [1.29, 1.82) is 0 Å². The maximum absolute atomic E-state index is 10.7. The maximum atomic E-state index is 10.7. The Hall–Kier alpha value is -4.70. The van der Waals surface area contributed by atoms with Gasteiger partial charge in [0, 0.05) is 0 Å². The Bertz CT molecular complexity index is 1100. The number of rotatable bonds is 6. The van der Waals surface area contributed by atoms with Crippen molar-refractivity contribution in [3.63, 3.8) is 0 Å². The molecule has 0 saturated carbocycles. The molecule has 0 aliphatic heterocycles. The molecule has 0 radical (unpaired) electrons. The van der Waals surface area contributed by atoms with Crippen LogP contribution >= 0.6 is 0 Å². The molecule has 0 aliphatic carbocycles. The van der Waals surface area contributed by atoms with Gasteiger partial charge in [-0.15, -0.1) is 0 Å². The topological polar surface area (TPSA) is 296 Å². The molecule has 18 nitrogen and oxygen atoms in total. The van der Waals surface area contributed by atoms with E-state index in [2.05, 4.69) is 29.3 Å². The summed E-state index contributed by atoms with van der Waals surface area (Å²) >= 11 is 0. The first-order chi connectivity index (χ1) is 20.1. The summed E-state index contributed by atoms with van der Waals surface area (Å²) in [6.45, 7) is 0. The van der Waals surface area contributed by atoms with Crippen molar-refractivity contribution >= 4 is 70.5 Å². The molecule has 3 aromatic carbocycles. The third-order valence-electron chi connectivity index (χ3n) is 4.52. The molecule has 0 unspecified atom stereocenters. The summed E-state index contributed by atoms with van der Waals surface area (Å²) in [5.74, 6) is -6.38. The van der Waals surface area contributed by atoms with E-state index in [1.54, 1.807) is 0 Å². The minimum absolute atomic E-state index is 0. The monoisotopic (exact) mass is 642 g/mol.